The maximum atomic E-state index is 11.4. The zero-order valence-electron chi connectivity index (χ0n) is 15.7. The molecule has 4 atom stereocenters. The third kappa shape index (κ3) is 2.91. The lowest BCUT2D eigenvalue weighted by molar-refractivity contribution is 0.0408. The number of nitrogens with two attached hydrogens (primary N) is 1. The van der Waals surface area contributed by atoms with Crippen molar-refractivity contribution in [2.75, 3.05) is 7.11 Å². The van der Waals surface area contributed by atoms with Gasteiger partial charge in [-0.2, -0.15) is 13.6 Å². The van der Waals surface area contributed by atoms with E-state index in [1.54, 1.807) is 0 Å². The Morgan fingerprint density at radius 1 is 1.19 bits per heavy atom. The molecule has 0 heterocycles. The van der Waals surface area contributed by atoms with E-state index < -0.39 is 10.3 Å². The molecule has 2 N–H and O–H groups in total. The molecule has 0 bridgehead atoms. The maximum absolute atomic E-state index is 11.4. The largest absolute Gasteiger partial charge is 0.493 e. The Morgan fingerprint density at radius 3 is 2.69 bits per heavy atom. The lowest BCUT2D eigenvalue weighted by Gasteiger charge is -2.50. The van der Waals surface area contributed by atoms with E-state index >= 15 is 0 Å². The Hall–Kier alpha value is -1.27. The highest BCUT2D eigenvalue weighted by Crippen LogP contribution is 2.62. The van der Waals surface area contributed by atoms with E-state index in [0.29, 0.717) is 17.1 Å². The Labute approximate surface area is 156 Å². The van der Waals surface area contributed by atoms with E-state index in [9.17, 15) is 8.42 Å². The smallest absolute Gasteiger partial charge is 0.380 e. The van der Waals surface area contributed by atoms with Crippen LogP contribution in [0.2, 0.25) is 0 Å². The first-order valence-electron chi connectivity index (χ1n) is 9.80. The van der Waals surface area contributed by atoms with E-state index in [4.69, 9.17) is 14.1 Å². The summed E-state index contributed by atoms with van der Waals surface area (Å²) in [5.41, 5.74) is 3.09. The number of benzene rings is 1. The molecule has 2 fully saturated rings. The molecule has 0 spiro atoms. The zero-order chi connectivity index (χ0) is 18.5. The number of ether oxygens (including phenoxy) is 1. The van der Waals surface area contributed by atoms with Crippen molar-refractivity contribution in [2.24, 2.45) is 22.4 Å². The van der Waals surface area contributed by atoms with Gasteiger partial charge < -0.3 is 8.92 Å². The molecule has 5 nitrogen and oxygen atoms in total. The van der Waals surface area contributed by atoms with Crippen LogP contribution >= 0.6 is 0 Å². The summed E-state index contributed by atoms with van der Waals surface area (Å²) in [5, 5.41) is 5.06. The van der Waals surface area contributed by atoms with Gasteiger partial charge in [-0.15, -0.1) is 0 Å². The Balaban J connectivity index is 1.70. The van der Waals surface area contributed by atoms with Crippen LogP contribution in [0.25, 0.3) is 0 Å². The highest BCUT2D eigenvalue weighted by Gasteiger charge is 2.51. The van der Waals surface area contributed by atoms with Gasteiger partial charge in [-0.05, 0) is 85.0 Å². The average Bonchev–Trinajstić information content (AvgIpc) is 3.04. The normalized spacial score (nSPS) is 33.1. The molecule has 144 valence electrons. The summed E-state index contributed by atoms with van der Waals surface area (Å²) in [7, 11) is -2.52. The van der Waals surface area contributed by atoms with Gasteiger partial charge in [0.15, 0.2) is 11.5 Å². The lowest BCUT2D eigenvalue weighted by atomic mass is 9.54. The second-order valence-electron chi connectivity index (χ2n) is 8.34. The van der Waals surface area contributed by atoms with Crippen LogP contribution in [0, 0.1) is 17.3 Å². The highest BCUT2D eigenvalue weighted by molar-refractivity contribution is 7.84. The van der Waals surface area contributed by atoms with Gasteiger partial charge in [-0.3, -0.25) is 0 Å². The molecular formula is C20H29NO4S. The molecule has 0 saturated heterocycles. The summed E-state index contributed by atoms with van der Waals surface area (Å²) in [4.78, 5) is 0. The van der Waals surface area contributed by atoms with Gasteiger partial charge >= 0.3 is 10.3 Å². The molecule has 3 aliphatic carbocycles. The molecule has 0 amide bonds. The molecular weight excluding hydrogens is 350 g/mol. The maximum Gasteiger partial charge on any atom is 0.380 e. The van der Waals surface area contributed by atoms with Gasteiger partial charge in [0, 0.05) is 0 Å². The second kappa shape index (κ2) is 6.41. The van der Waals surface area contributed by atoms with Gasteiger partial charge in [0.25, 0.3) is 0 Å². The van der Waals surface area contributed by atoms with Crippen molar-refractivity contribution in [1.82, 2.24) is 0 Å². The van der Waals surface area contributed by atoms with Crippen molar-refractivity contribution in [1.29, 1.82) is 0 Å². The fraction of sp³-hybridized carbons (Fsp3) is 0.700. The molecule has 2 saturated carbocycles. The van der Waals surface area contributed by atoms with Crippen LogP contribution in [-0.4, -0.2) is 15.5 Å². The number of methoxy groups -OCH3 is 1. The van der Waals surface area contributed by atoms with E-state index in [0.717, 1.165) is 18.3 Å². The molecule has 3 aliphatic rings. The SMILES string of the molecule is CC[C@@]12CCCC1C1CCc3cc(OS(N)(=O)=O)c(OC)cc3C1CC2. The monoisotopic (exact) mass is 379 g/mol. The van der Waals surface area contributed by atoms with E-state index in [1.165, 1.54) is 63.2 Å². The quantitative estimate of drug-likeness (QED) is 0.860. The highest BCUT2D eigenvalue weighted by atomic mass is 32.2. The van der Waals surface area contributed by atoms with E-state index in [1.807, 2.05) is 12.1 Å². The van der Waals surface area contributed by atoms with Crippen molar-refractivity contribution in [2.45, 2.75) is 64.2 Å². The molecule has 0 aromatic heterocycles. The summed E-state index contributed by atoms with van der Waals surface area (Å²) in [6.45, 7) is 2.37. The lowest BCUT2D eigenvalue weighted by Crippen LogP contribution is -2.40. The van der Waals surface area contributed by atoms with Crippen molar-refractivity contribution in [3.8, 4) is 11.5 Å². The second-order valence-corrected chi connectivity index (χ2v) is 9.49. The van der Waals surface area contributed by atoms with Crippen LogP contribution < -0.4 is 14.1 Å². The third-order valence-electron chi connectivity index (χ3n) is 7.45. The van der Waals surface area contributed by atoms with Crippen molar-refractivity contribution in [3.05, 3.63) is 23.3 Å². The predicted octanol–water partition coefficient (Wildman–Crippen LogP) is 3.91. The zero-order valence-corrected chi connectivity index (χ0v) is 16.5. The molecule has 6 heteroatoms. The molecule has 3 unspecified atom stereocenters. The van der Waals surface area contributed by atoms with Gasteiger partial charge in [-0.1, -0.05) is 19.8 Å². The molecule has 0 radical (unpaired) electrons. The molecule has 4 rings (SSSR count). The topological polar surface area (TPSA) is 78.6 Å². The van der Waals surface area contributed by atoms with Crippen molar-refractivity contribution < 1.29 is 17.3 Å². The van der Waals surface area contributed by atoms with E-state index in [2.05, 4.69) is 6.92 Å². The minimum Gasteiger partial charge on any atom is -0.493 e. The number of hydrogen-bond acceptors (Lipinski definition) is 4. The number of hydrogen-bond donors (Lipinski definition) is 1. The van der Waals surface area contributed by atoms with Crippen molar-refractivity contribution in [3.63, 3.8) is 0 Å². The van der Waals surface area contributed by atoms with Crippen LogP contribution in [0.1, 0.15) is 68.9 Å². The fourth-order valence-corrected chi connectivity index (χ4v) is 6.72. The first-order valence-corrected chi connectivity index (χ1v) is 11.3. The number of rotatable bonds is 4. The Kier molecular flexibility index (Phi) is 4.47. The molecule has 1 aromatic rings. The third-order valence-corrected chi connectivity index (χ3v) is 7.86. The number of fused-ring (bicyclic) bond motifs is 5. The average molecular weight is 380 g/mol. The number of aryl methyl sites for hydroxylation is 1. The van der Waals surface area contributed by atoms with Crippen LogP contribution in [-0.2, 0) is 16.7 Å². The predicted molar refractivity (Wildman–Crippen MR) is 101 cm³/mol. The van der Waals surface area contributed by atoms with Crippen molar-refractivity contribution >= 4 is 10.3 Å². The summed E-state index contributed by atoms with van der Waals surface area (Å²) in [6.07, 6.45) is 10.1. The summed E-state index contributed by atoms with van der Waals surface area (Å²) < 4.78 is 33.1. The van der Waals surface area contributed by atoms with Crippen LogP contribution in [0.15, 0.2) is 12.1 Å². The molecule has 0 aliphatic heterocycles. The first kappa shape index (κ1) is 18.1. The van der Waals surface area contributed by atoms with E-state index in [-0.39, 0.29) is 5.75 Å². The summed E-state index contributed by atoms with van der Waals surface area (Å²) in [5.74, 6) is 2.79. The summed E-state index contributed by atoms with van der Waals surface area (Å²) in [6, 6.07) is 3.83. The first-order chi connectivity index (χ1) is 12.4. The van der Waals surface area contributed by atoms with Crippen LogP contribution in [0.3, 0.4) is 0 Å². The summed E-state index contributed by atoms with van der Waals surface area (Å²) >= 11 is 0. The van der Waals surface area contributed by atoms with Gasteiger partial charge in [0.05, 0.1) is 7.11 Å². The van der Waals surface area contributed by atoms with Gasteiger partial charge in [0.2, 0.25) is 0 Å². The van der Waals surface area contributed by atoms with Crippen LogP contribution in [0.5, 0.6) is 11.5 Å². The Bertz CT molecular complexity index is 806. The minimum atomic E-state index is -4.06. The van der Waals surface area contributed by atoms with Gasteiger partial charge in [-0.25, -0.2) is 0 Å². The molecule has 26 heavy (non-hydrogen) atoms. The molecule has 1 aromatic carbocycles. The Morgan fingerprint density at radius 2 is 2.00 bits per heavy atom. The van der Waals surface area contributed by atoms with Crippen LogP contribution in [0.4, 0.5) is 0 Å². The minimum absolute atomic E-state index is 0.201. The standard InChI is InChI=1S/C20H29NO4S/c1-3-20-9-4-5-17(20)15-7-6-13-11-19(25-26(21,22)23)18(24-2)12-16(13)14(15)8-10-20/h11-12,14-15,17H,3-10H2,1-2H3,(H2,21,22,23)/t14?,15?,17?,20-/m0/s1. The van der Waals surface area contributed by atoms with Gasteiger partial charge in [0.1, 0.15) is 0 Å². The fourth-order valence-electron chi connectivity index (χ4n) is 6.34.